The number of phenols is 1. The molecular weight excluding hydrogens is 262 g/mol. The van der Waals surface area contributed by atoms with E-state index in [1.165, 1.54) is 0 Å². The fourth-order valence-corrected chi connectivity index (χ4v) is 2.31. The lowest BCUT2D eigenvalue weighted by atomic mass is 10.1. The summed E-state index contributed by atoms with van der Waals surface area (Å²) in [7, 11) is 1.89. The highest BCUT2D eigenvalue weighted by Gasteiger charge is 2.11. The molecule has 3 aromatic rings. The minimum Gasteiger partial charge on any atom is -0.508 e. The molecule has 102 valence electrons. The quantitative estimate of drug-likeness (QED) is 0.729. The van der Waals surface area contributed by atoms with Gasteiger partial charge in [0.1, 0.15) is 11.8 Å². The molecule has 4 nitrogen and oxygen atoms in total. The van der Waals surface area contributed by atoms with E-state index in [4.69, 9.17) is 0 Å². The summed E-state index contributed by atoms with van der Waals surface area (Å²) in [4.78, 5) is 4.51. The van der Waals surface area contributed by atoms with Crippen LogP contribution in [0.25, 0.3) is 22.7 Å². The van der Waals surface area contributed by atoms with E-state index in [2.05, 4.69) is 11.1 Å². The molecule has 21 heavy (non-hydrogen) atoms. The number of aromatic nitrogens is 2. The molecule has 1 N–H and O–H groups in total. The number of aryl methyl sites for hydroxylation is 1. The highest BCUT2D eigenvalue weighted by Crippen LogP contribution is 2.22. The van der Waals surface area contributed by atoms with Gasteiger partial charge in [0.2, 0.25) is 0 Å². The van der Waals surface area contributed by atoms with Crippen LogP contribution >= 0.6 is 0 Å². The summed E-state index contributed by atoms with van der Waals surface area (Å²) in [6, 6.07) is 16.7. The molecule has 3 rings (SSSR count). The Hall–Kier alpha value is -3.06. The van der Waals surface area contributed by atoms with Gasteiger partial charge in [-0.15, -0.1) is 0 Å². The van der Waals surface area contributed by atoms with E-state index in [0.29, 0.717) is 11.4 Å². The third-order valence-electron chi connectivity index (χ3n) is 3.33. The minimum atomic E-state index is 0.172. The number of aromatic hydroxyl groups is 1. The van der Waals surface area contributed by atoms with Crippen molar-refractivity contribution >= 4 is 22.7 Å². The Morgan fingerprint density at radius 1 is 1.24 bits per heavy atom. The molecule has 0 saturated carbocycles. The lowest BCUT2D eigenvalue weighted by Crippen LogP contribution is -1.95. The summed E-state index contributed by atoms with van der Waals surface area (Å²) < 4.78 is 1.90. The number of nitrogens with zero attached hydrogens (tertiary/aromatic N) is 3. The lowest BCUT2D eigenvalue weighted by molar-refractivity contribution is 0.475. The van der Waals surface area contributed by atoms with Crippen molar-refractivity contribution in [1.82, 2.24) is 9.55 Å². The van der Waals surface area contributed by atoms with Crippen LogP contribution in [0, 0.1) is 11.3 Å². The lowest BCUT2D eigenvalue weighted by Gasteiger charge is -2.01. The molecule has 0 bridgehead atoms. The zero-order valence-electron chi connectivity index (χ0n) is 11.5. The molecule has 0 saturated heterocycles. The predicted molar refractivity (Wildman–Crippen MR) is 82.3 cm³/mol. The molecule has 0 amide bonds. The van der Waals surface area contributed by atoms with E-state index >= 15 is 0 Å². The minimum absolute atomic E-state index is 0.172. The Morgan fingerprint density at radius 3 is 2.76 bits per heavy atom. The van der Waals surface area contributed by atoms with E-state index in [1.807, 2.05) is 41.9 Å². The van der Waals surface area contributed by atoms with Gasteiger partial charge in [0.15, 0.2) is 5.82 Å². The van der Waals surface area contributed by atoms with Gasteiger partial charge >= 0.3 is 0 Å². The first-order chi connectivity index (χ1) is 10.2. The van der Waals surface area contributed by atoms with Crippen LogP contribution in [-0.4, -0.2) is 14.7 Å². The van der Waals surface area contributed by atoms with Crippen LogP contribution in [0.5, 0.6) is 5.75 Å². The fraction of sp³-hybridized carbons (Fsp3) is 0.0588. The number of rotatable bonds is 2. The van der Waals surface area contributed by atoms with Gasteiger partial charge in [-0.1, -0.05) is 24.3 Å². The largest absolute Gasteiger partial charge is 0.508 e. The Labute approximate surface area is 122 Å². The number of benzene rings is 2. The first-order valence-electron chi connectivity index (χ1n) is 6.51. The third kappa shape index (κ3) is 2.37. The van der Waals surface area contributed by atoms with E-state index < -0.39 is 0 Å². The van der Waals surface area contributed by atoms with Crippen molar-refractivity contribution in [2.24, 2.45) is 7.05 Å². The number of fused-ring (bicyclic) bond motifs is 1. The fourth-order valence-electron chi connectivity index (χ4n) is 2.31. The Bertz CT molecular complexity index is 884. The molecule has 4 heteroatoms. The maximum absolute atomic E-state index is 9.51. The molecule has 0 unspecified atom stereocenters. The Kier molecular flexibility index (Phi) is 3.17. The molecule has 0 atom stereocenters. The summed E-state index contributed by atoms with van der Waals surface area (Å²) in [5.74, 6) is 0.785. The van der Waals surface area contributed by atoms with Gasteiger partial charge in [0, 0.05) is 7.05 Å². The highest BCUT2D eigenvalue weighted by atomic mass is 16.3. The first-order valence-corrected chi connectivity index (χ1v) is 6.51. The third-order valence-corrected chi connectivity index (χ3v) is 3.33. The van der Waals surface area contributed by atoms with Gasteiger partial charge in [-0.05, 0) is 35.9 Å². The molecule has 0 radical (unpaired) electrons. The predicted octanol–water partition coefficient (Wildman–Crippen LogP) is 3.34. The van der Waals surface area contributed by atoms with Gasteiger partial charge in [0.25, 0.3) is 0 Å². The van der Waals surface area contributed by atoms with Crippen molar-refractivity contribution < 1.29 is 5.11 Å². The van der Waals surface area contributed by atoms with E-state index in [9.17, 15) is 10.4 Å². The number of allylic oxidation sites excluding steroid dienone is 1. The SMILES string of the molecule is Cn1c(/C(C#N)=C/c2cccc(O)c2)nc2ccccc21. The first kappa shape index (κ1) is 12.9. The molecule has 2 aromatic carbocycles. The summed E-state index contributed by atoms with van der Waals surface area (Å²) in [5, 5.41) is 18.9. The molecule has 0 fully saturated rings. The standard InChI is InChI=1S/C17H13N3O/c1-20-16-8-3-2-7-15(16)19-17(20)13(11-18)9-12-5-4-6-14(21)10-12/h2-10,21H,1H3/b13-9+. The molecule has 0 spiro atoms. The van der Waals surface area contributed by atoms with Crippen molar-refractivity contribution in [2.45, 2.75) is 0 Å². The second kappa shape index (κ2) is 5.14. The summed E-state index contributed by atoms with van der Waals surface area (Å²) in [6.07, 6.45) is 1.72. The number of nitriles is 1. The van der Waals surface area contributed by atoms with E-state index in [1.54, 1.807) is 24.3 Å². The van der Waals surface area contributed by atoms with Gasteiger partial charge in [-0.3, -0.25) is 0 Å². The second-order valence-electron chi connectivity index (χ2n) is 4.75. The molecular formula is C17H13N3O. The van der Waals surface area contributed by atoms with Crippen LogP contribution in [-0.2, 0) is 7.05 Å². The van der Waals surface area contributed by atoms with Crippen molar-refractivity contribution in [3.63, 3.8) is 0 Å². The second-order valence-corrected chi connectivity index (χ2v) is 4.75. The molecule has 0 aliphatic carbocycles. The summed E-state index contributed by atoms with van der Waals surface area (Å²) >= 11 is 0. The van der Waals surface area contributed by atoms with Crippen molar-refractivity contribution in [1.29, 1.82) is 5.26 Å². The van der Waals surface area contributed by atoms with Gasteiger partial charge in [-0.25, -0.2) is 4.98 Å². The number of para-hydroxylation sites is 2. The monoisotopic (exact) mass is 275 g/mol. The van der Waals surface area contributed by atoms with Crippen LogP contribution in [0.15, 0.2) is 48.5 Å². The van der Waals surface area contributed by atoms with Crippen LogP contribution in [0.1, 0.15) is 11.4 Å². The van der Waals surface area contributed by atoms with E-state index in [-0.39, 0.29) is 5.75 Å². The van der Waals surface area contributed by atoms with Crippen LogP contribution in [0.4, 0.5) is 0 Å². The summed E-state index contributed by atoms with van der Waals surface area (Å²) in [5.41, 5.74) is 3.05. The zero-order valence-corrected chi connectivity index (χ0v) is 11.5. The smallest absolute Gasteiger partial charge is 0.151 e. The maximum Gasteiger partial charge on any atom is 0.151 e. The molecule has 1 aromatic heterocycles. The van der Waals surface area contributed by atoms with Crippen LogP contribution in [0.3, 0.4) is 0 Å². The van der Waals surface area contributed by atoms with Crippen LogP contribution < -0.4 is 0 Å². The van der Waals surface area contributed by atoms with E-state index in [0.717, 1.165) is 16.6 Å². The van der Waals surface area contributed by atoms with Crippen molar-refractivity contribution in [3.05, 3.63) is 59.9 Å². The average Bonchev–Trinajstić information content (AvgIpc) is 2.82. The average molecular weight is 275 g/mol. The number of imidazole rings is 1. The summed E-state index contributed by atoms with van der Waals surface area (Å²) in [6.45, 7) is 0. The molecule has 1 heterocycles. The maximum atomic E-state index is 9.51. The van der Waals surface area contributed by atoms with Gasteiger partial charge in [0.05, 0.1) is 16.6 Å². The van der Waals surface area contributed by atoms with Gasteiger partial charge < -0.3 is 9.67 Å². The molecule has 0 aliphatic rings. The normalized spacial score (nSPS) is 11.5. The topological polar surface area (TPSA) is 61.8 Å². The Balaban J connectivity index is 2.15. The van der Waals surface area contributed by atoms with Crippen molar-refractivity contribution in [3.8, 4) is 11.8 Å². The number of hydrogen-bond acceptors (Lipinski definition) is 3. The zero-order chi connectivity index (χ0) is 14.8. The number of hydrogen-bond donors (Lipinski definition) is 1. The molecule has 0 aliphatic heterocycles. The Morgan fingerprint density at radius 2 is 2.05 bits per heavy atom. The number of phenolic OH excluding ortho intramolecular Hbond substituents is 1. The van der Waals surface area contributed by atoms with Crippen molar-refractivity contribution in [2.75, 3.05) is 0 Å². The van der Waals surface area contributed by atoms with Gasteiger partial charge in [-0.2, -0.15) is 5.26 Å². The highest BCUT2D eigenvalue weighted by molar-refractivity contribution is 5.90. The van der Waals surface area contributed by atoms with Crippen LogP contribution in [0.2, 0.25) is 0 Å².